The van der Waals surface area contributed by atoms with Gasteiger partial charge >= 0.3 is 0 Å². The van der Waals surface area contributed by atoms with Crippen molar-refractivity contribution in [2.24, 2.45) is 0 Å². The molecule has 1 fully saturated rings. The first kappa shape index (κ1) is 21.2. The van der Waals surface area contributed by atoms with Gasteiger partial charge in [0.1, 0.15) is 17.5 Å². The molecule has 0 spiro atoms. The van der Waals surface area contributed by atoms with Crippen molar-refractivity contribution in [2.45, 2.75) is 5.16 Å². The van der Waals surface area contributed by atoms with Crippen LogP contribution in [0.25, 0.3) is 5.69 Å². The zero-order valence-corrected chi connectivity index (χ0v) is 17.0. The third kappa shape index (κ3) is 5.17. The van der Waals surface area contributed by atoms with E-state index in [9.17, 15) is 18.0 Å². The minimum absolute atomic E-state index is 0.0173. The number of thioether (sulfide) groups is 1. The molecule has 11 heteroatoms. The van der Waals surface area contributed by atoms with Gasteiger partial charge in [0.05, 0.1) is 24.7 Å². The Labute approximate surface area is 180 Å². The number of nitrogens with one attached hydrogen (secondary N) is 1. The van der Waals surface area contributed by atoms with Gasteiger partial charge in [0.15, 0.2) is 5.16 Å². The summed E-state index contributed by atoms with van der Waals surface area (Å²) in [6.07, 6.45) is 0. The summed E-state index contributed by atoms with van der Waals surface area (Å²) in [6.45, 7) is 2.27. The van der Waals surface area contributed by atoms with Crippen LogP contribution < -0.4 is 10.2 Å². The Morgan fingerprint density at radius 2 is 1.77 bits per heavy atom. The van der Waals surface area contributed by atoms with Crippen molar-refractivity contribution < 1.29 is 22.7 Å². The Bertz CT molecular complexity index is 1070. The fourth-order valence-corrected chi connectivity index (χ4v) is 3.87. The second-order valence-electron chi connectivity index (χ2n) is 6.69. The molecule has 0 unspecified atom stereocenters. The molecule has 0 radical (unpaired) electrons. The van der Waals surface area contributed by atoms with Crippen molar-refractivity contribution in [3.8, 4) is 5.69 Å². The van der Waals surface area contributed by atoms with Gasteiger partial charge < -0.3 is 15.0 Å². The predicted octanol–water partition coefficient (Wildman–Crippen LogP) is 3.25. The molecule has 31 heavy (non-hydrogen) atoms. The zero-order valence-electron chi connectivity index (χ0n) is 16.2. The number of halogens is 3. The van der Waals surface area contributed by atoms with Crippen LogP contribution in [0.1, 0.15) is 0 Å². The number of hydrogen-bond acceptors (Lipinski definition) is 6. The number of anilines is 2. The van der Waals surface area contributed by atoms with E-state index < -0.39 is 23.4 Å². The summed E-state index contributed by atoms with van der Waals surface area (Å²) in [7, 11) is 0. The lowest BCUT2D eigenvalue weighted by Crippen LogP contribution is -2.37. The van der Waals surface area contributed by atoms with Gasteiger partial charge in [-0.05, 0) is 30.3 Å². The van der Waals surface area contributed by atoms with E-state index in [1.807, 2.05) is 4.90 Å². The van der Waals surface area contributed by atoms with Crippen molar-refractivity contribution in [3.63, 3.8) is 0 Å². The number of hydrogen-bond donors (Lipinski definition) is 1. The average Bonchev–Trinajstić information content (AvgIpc) is 3.16. The van der Waals surface area contributed by atoms with Crippen molar-refractivity contribution in [3.05, 3.63) is 59.9 Å². The Morgan fingerprint density at radius 1 is 1.03 bits per heavy atom. The smallest absolute Gasteiger partial charge is 0.234 e. The van der Waals surface area contributed by atoms with Crippen molar-refractivity contribution in [1.29, 1.82) is 0 Å². The van der Waals surface area contributed by atoms with Gasteiger partial charge in [0.25, 0.3) is 0 Å². The molecular formula is C20H18F3N5O2S. The lowest BCUT2D eigenvalue weighted by atomic mass is 10.3. The van der Waals surface area contributed by atoms with Crippen LogP contribution in [0.4, 0.5) is 24.8 Å². The minimum atomic E-state index is -0.788. The molecule has 7 nitrogen and oxygen atoms in total. The largest absolute Gasteiger partial charge is 0.378 e. The maximum Gasteiger partial charge on any atom is 0.234 e. The molecule has 1 N–H and O–H groups in total. The van der Waals surface area contributed by atoms with Crippen LogP contribution in [-0.4, -0.2) is 52.7 Å². The van der Waals surface area contributed by atoms with Gasteiger partial charge in [0, 0.05) is 24.8 Å². The summed E-state index contributed by atoms with van der Waals surface area (Å²) in [4.78, 5) is 14.3. The molecule has 1 aromatic heterocycles. The van der Waals surface area contributed by atoms with Crippen LogP contribution in [0.3, 0.4) is 0 Å². The third-order valence-corrected chi connectivity index (χ3v) is 5.38. The standard InChI is InChI=1S/C20H18F3N5O2S/c21-13-2-1-3-17(11-13)28-19(27-4-6-30-7-5-27)25-26-20(28)31-12-18(29)24-16-9-14(22)8-15(23)10-16/h1-3,8-11H,4-7,12H2,(H,24,29). The number of amides is 1. The van der Waals surface area contributed by atoms with Crippen LogP contribution in [0.5, 0.6) is 0 Å². The van der Waals surface area contributed by atoms with Crippen LogP contribution in [0, 0.1) is 17.5 Å². The SMILES string of the molecule is O=C(CSc1nnc(N2CCOCC2)n1-c1cccc(F)c1)Nc1cc(F)cc(F)c1. The van der Waals surface area contributed by atoms with E-state index in [0.717, 1.165) is 30.0 Å². The van der Waals surface area contributed by atoms with E-state index in [1.165, 1.54) is 12.1 Å². The lowest BCUT2D eigenvalue weighted by molar-refractivity contribution is -0.113. The summed E-state index contributed by atoms with van der Waals surface area (Å²) in [5.41, 5.74) is 0.533. The Hall–Kier alpha value is -3.05. The molecule has 3 aromatic rings. The van der Waals surface area contributed by atoms with Crippen LogP contribution in [-0.2, 0) is 9.53 Å². The van der Waals surface area contributed by atoms with Crippen molar-refractivity contribution >= 4 is 29.3 Å². The maximum absolute atomic E-state index is 13.9. The Morgan fingerprint density at radius 3 is 2.48 bits per heavy atom. The highest BCUT2D eigenvalue weighted by Gasteiger charge is 2.22. The van der Waals surface area contributed by atoms with E-state index in [2.05, 4.69) is 15.5 Å². The highest BCUT2D eigenvalue weighted by Crippen LogP contribution is 2.27. The second-order valence-corrected chi connectivity index (χ2v) is 7.63. The van der Waals surface area contributed by atoms with Gasteiger partial charge in [-0.15, -0.1) is 10.2 Å². The topological polar surface area (TPSA) is 72.3 Å². The molecule has 2 aromatic carbocycles. The van der Waals surface area contributed by atoms with Gasteiger partial charge in [-0.2, -0.15) is 0 Å². The molecular weight excluding hydrogens is 431 g/mol. The normalized spacial score (nSPS) is 14.0. The molecule has 4 rings (SSSR count). The molecule has 1 saturated heterocycles. The third-order valence-electron chi connectivity index (χ3n) is 4.46. The molecule has 162 valence electrons. The van der Waals surface area contributed by atoms with Gasteiger partial charge in [0.2, 0.25) is 11.9 Å². The predicted molar refractivity (Wildman–Crippen MR) is 110 cm³/mol. The number of nitrogens with zero attached hydrogens (tertiary/aromatic N) is 4. The zero-order chi connectivity index (χ0) is 21.8. The summed E-state index contributed by atoms with van der Waals surface area (Å²) >= 11 is 1.08. The molecule has 1 aliphatic heterocycles. The Balaban J connectivity index is 1.54. The van der Waals surface area contributed by atoms with Gasteiger partial charge in [-0.25, -0.2) is 13.2 Å². The molecule has 0 atom stereocenters. The first-order valence-corrected chi connectivity index (χ1v) is 10.4. The second kappa shape index (κ2) is 9.40. The van der Waals surface area contributed by atoms with E-state index in [4.69, 9.17) is 4.74 Å². The summed E-state index contributed by atoms with van der Waals surface area (Å²) in [5.74, 6) is -2.04. The van der Waals surface area contributed by atoms with Crippen LogP contribution in [0.15, 0.2) is 47.6 Å². The minimum Gasteiger partial charge on any atom is -0.378 e. The fraction of sp³-hybridized carbons (Fsp3) is 0.250. The molecule has 0 aliphatic carbocycles. The molecule has 0 saturated carbocycles. The Kier molecular flexibility index (Phi) is 6.42. The number of rotatable bonds is 6. The average molecular weight is 449 g/mol. The highest BCUT2D eigenvalue weighted by atomic mass is 32.2. The van der Waals surface area contributed by atoms with Gasteiger partial charge in [-0.1, -0.05) is 17.8 Å². The summed E-state index contributed by atoms with van der Waals surface area (Å²) in [6, 6.07) is 8.75. The van der Waals surface area contributed by atoms with Crippen LogP contribution >= 0.6 is 11.8 Å². The van der Waals surface area contributed by atoms with Crippen molar-refractivity contribution in [1.82, 2.24) is 14.8 Å². The molecule has 2 heterocycles. The first-order valence-electron chi connectivity index (χ1n) is 9.42. The first-order chi connectivity index (χ1) is 15.0. The van der Waals surface area contributed by atoms with Crippen molar-refractivity contribution in [2.75, 3.05) is 42.3 Å². The quantitative estimate of drug-likeness (QED) is 0.583. The van der Waals surface area contributed by atoms with E-state index in [0.29, 0.717) is 43.1 Å². The highest BCUT2D eigenvalue weighted by molar-refractivity contribution is 7.99. The van der Waals surface area contributed by atoms with Gasteiger partial charge in [-0.3, -0.25) is 9.36 Å². The number of aromatic nitrogens is 3. The number of carbonyl (C=O) groups is 1. The molecule has 1 amide bonds. The number of morpholine rings is 1. The fourth-order valence-electron chi connectivity index (χ4n) is 3.12. The van der Waals surface area contributed by atoms with E-state index in [-0.39, 0.29) is 11.4 Å². The maximum atomic E-state index is 13.9. The lowest BCUT2D eigenvalue weighted by Gasteiger charge is -2.27. The number of ether oxygens (including phenoxy) is 1. The van der Waals surface area contributed by atoms with E-state index >= 15 is 0 Å². The molecule has 1 aliphatic rings. The van der Waals surface area contributed by atoms with E-state index in [1.54, 1.807) is 16.7 Å². The monoisotopic (exact) mass is 449 g/mol. The number of benzene rings is 2. The van der Waals surface area contributed by atoms with Crippen LogP contribution in [0.2, 0.25) is 0 Å². The number of carbonyl (C=O) groups excluding carboxylic acids is 1. The molecule has 0 bridgehead atoms. The summed E-state index contributed by atoms with van der Waals surface area (Å²) in [5, 5.41) is 11.2. The summed E-state index contributed by atoms with van der Waals surface area (Å²) < 4.78 is 47.6.